The number of ether oxygens (including phenoxy) is 1. The monoisotopic (exact) mass is 297 g/mol. The molecule has 0 amide bonds. The zero-order valence-electron chi connectivity index (χ0n) is 10.3. The van der Waals surface area contributed by atoms with E-state index in [1.54, 1.807) is 7.11 Å². The molecule has 0 unspecified atom stereocenters. The highest BCUT2D eigenvalue weighted by atomic mass is 79.9. The molecule has 0 fully saturated rings. The third-order valence-corrected chi connectivity index (χ3v) is 3.42. The second-order valence-electron chi connectivity index (χ2n) is 3.87. The number of furan rings is 1. The Bertz CT molecular complexity index is 534. The molecule has 0 radical (unpaired) electrons. The molecule has 92 valence electrons. The van der Waals surface area contributed by atoms with Gasteiger partial charge in [0.15, 0.2) is 0 Å². The predicted octanol–water partition coefficient (Wildman–Crippen LogP) is 3.49. The maximum atomic E-state index is 5.90. The molecule has 0 spiro atoms. The Hall–Kier alpha value is -1.00. The number of rotatable bonds is 4. The highest BCUT2D eigenvalue weighted by Gasteiger charge is 2.15. The standard InChI is InChI=1S/C13H16BrNO2/c1-4-9-10-5-8(16-3)6-11(14)13(10)17-12(9)7-15-2/h5-6,15H,4,7H2,1-3H3. The van der Waals surface area contributed by atoms with Gasteiger partial charge < -0.3 is 14.5 Å². The minimum atomic E-state index is 0.743. The van der Waals surface area contributed by atoms with Crippen LogP contribution in [0.5, 0.6) is 5.75 Å². The SMILES string of the molecule is CCc1c(CNC)oc2c(Br)cc(OC)cc12. The molecule has 1 N–H and O–H groups in total. The van der Waals surface area contributed by atoms with Crippen LogP contribution < -0.4 is 10.1 Å². The topological polar surface area (TPSA) is 34.4 Å². The van der Waals surface area contributed by atoms with E-state index in [0.717, 1.165) is 39.9 Å². The zero-order chi connectivity index (χ0) is 12.4. The van der Waals surface area contributed by atoms with Crippen LogP contribution in [0, 0.1) is 0 Å². The summed E-state index contributed by atoms with van der Waals surface area (Å²) in [7, 11) is 3.59. The molecule has 0 atom stereocenters. The van der Waals surface area contributed by atoms with Gasteiger partial charge in [-0.2, -0.15) is 0 Å². The maximum absolute atomic E-state index is 5.90. The molecule has 0 saturated carbocycles. The summed E-state index contributed by atoms with van der Waals surface area (Å²) in [6.07, 6.45) is 0.948. The smallest absolute Gasteiger partial charge is 0.149 e. The van der Waals surface area contributed by atoms with Gasteiger partial charge in [0.25, 0.3) is 0 Å². The number of hydrogen-bond donors (Lipinski definition) is 1. The number of methoxy groups -OCH3 is 1. The van der Waals surface area contributed by atoms with Crippen molar-refractivity contribution in [2.45, 2.75) is 19.9 Å². The first-order chi connectivity index (χ1) is 8.21. The van der Waals surface area contributed by atoms with E-state index in [-0.39, 0.29) is 0 Å². The molecule has 0 aliphatic carbocycles. The molecule has 0 aliphatic rings. The van der Waals surface area contributed by atoms with Crippen LogP contribution in [0.4, 0.5) is 0 Å². The Morgan fingerprint density at radius 1 is 1.41 bits per heavy atom. The van der Waals surface area contributed by atoms with Gasteiger partial charge in [-0.1, -0.05) is 6.92 Å². The Morgan fingerprint density at radius 2 is 2.18 bits per heavy atom. The molecule has 1 aromatic heterocycles. The molecule has 3 nitrogen and oxygen atoms in total. The minimum absolute atomic E-state index is 0.743. The highest BCUT2D eigenvalue weighted by molar-refractivity contribution is 9.10. The Kier molecular flexibility index (Phi) is 3.74. The fourth-order valence-corrected chi connectivity index (χ4v) is 2.56. The Labute approximate surface area is 109 Å². The van der Waals surface area contributed by atoms with Crippen molar-refractivity contribution in [2.24, 2.45) is 0 Å². The van der Waals surface area contributed by atoms with Gasteiger partial charge in [-0.25, -0.2) is 0 Å². The van der Waals surface area contributed by atoms with Gasteiger partial charge in [0.05, 0.1) is 18.1 Å². The van der Waals surface area contributed by atoms with E-state index in [9.17, 15) is 0 Å². The largest absolute Gasteiger partial charge is 0.497 e. The summed E-state index contributed by atoms with van der Waals surface area (Å²) in [5.74, 6) is 1.84. The first-order valence-corrected chi connectivity index (χ1v) is 6.43. The summed E-state index contributed by atoms with van der Waals surface area (Å²) in [5.41, 5.74) is 2.14. The molecule has 4 heteroatoms. The average Bonchev–Trinajstić information content (AvgIpc) is 2.67. The lowest BCUT2D eigenvalue weighted by molar-refractivity contribution is 0.415. The molecular weight excluding hydrogens is 282 g/mol. The highest BCUT2D eigenvalue weighted by Crippen LogP contribution is 2.35. The van der Waals surface area contributed by atoms with Crippen LogP contribution in [0.1, 0.15) is 18.2 Å². The van der Waals surface area contributed by atoms with Crippen LogP contribution in [-0.4, -0.2) is 14.2 Å². The third kappa shape index (κ3) is 2.19. The molecule has 0 bridgehead atoms. The molecule has 2 aromatic rings. The molecule has 1 aromatic carbocycles. The van der Waals surface area contributed by atoms with Crippen LogP contribution >= 0.6 is 15.9 Å². The third-order valence-electron chi connectivity index (χ3n) is 2.83. The normalized spacial score (nSPS) is 11.1. The first-order valence-electron chi connectivity index (χ1n) is 5.63. The van der Waals surface area contributed by atoms with E-state index in [0.29, 0.717) is 0 Å². The summed E-state index contributed by atoms with van der Waals surface area (Å²) in [4.78, 5) is 0. The summed E-state index contributed by atoms with van der Waals surface area (Å²) in [5, 5.41) is 4.26. The van der Waals surface area contributed by atoms with Crippen LogP contribution in [0.3, 0.4) is 0 Å². The van der Waals surface area contributed by atoms with E-state index in [1.807, 2.05) is 19.2 Å². The van der Waals surface area contributed by atoms with Crippen LogP contribution in [0.2, 0.25) is 0 Å². The Balaban J connectivity index is 2.68. The molecule has 1 heterocycles. The van der Waals surface area contributed by atoms with Crippen molar-refractivity contribution in [3.05, 3.63) is 27.9 Å². The number of benzene rings is 1. The van der Waals surface area contributed by atoms with Crippen molar-refractivity contribution in [1.29, 1.82) is 0 Å². The van der Waals surface area contributed by atoms with Gasteiger partial charge in [-0.05, 0) is 41.5 Å². The molecule has 17 heavy (non-hydrogen) atoms. The minimum Gasteiger partial charge on any atom is -0.497 e. The average molecular weight is 298 g/mol. The summed E-state index contributed by atoms with van der Waals surface area (Å²) in [6, 6.07) is 3.95. The first kappa shape index (κ1) is 12.5. The second-order valence-corrected chi connectivity index (χ2v) is 4.73. The maximum Gasteiger partial charge on any atom is 0.149 e. The number of halogens is 1. The van der Waals surface area contributed by atoms with Crippen molar-refractivity contribution in [3.63, 3.8) is 0 Å². The van der Waals surface area contributed by atoms with Crippen molar-refractivity contribution >= 4 is 26.9 Å². The lowest BCUT2D eigenvalue weighted by atomic mass is 10.1. The van der Waals surface area contributed by atoms with Gasteiger partial charge in [0.1, 0.15) is 17.1 Å². The fourth-order valence-electron chi connectivity index (χ4n) is 2.04. The van der Waals surface area contributed by atoms with E-state index < -0.39 is 0 Å². The van der Waals surface area contributed by atoms with Crippen LogP contribution in [-0.2, 0) is 13.0 Å². The van der Waals surface area contributed by atoms with Gasteiger partial charge in [0.2, 0.25) is 0 Å². The second kappa shape index (κ2) is 5.10. The van der Waals surface area contributed by atoms with E-state index in [4.69, 9.17) is 9.15 Å². The molecule has 0 saturated heterocycles. The van der Waals surface area contributed by atoms with Crippen LogP contribution in [0.25, 0.3) is 11.0 Å². The van der Waals surface area contributed by atoms with Crippen molar-refractivity contribution in [3.8, 4) is 5.75 Å². The molecule has 0 aliphatic heterocycles. The van der Waals surface area contributed by atoms with E-state index >= 15 is 0 Å². The summed E-state index contributed by atoms with van der Waals surface area (Å²) in [6.45, 7) is 2.88. The zero-order valence-corrected chi connectivity index (χ0v) is 11.8. The number of hydrogen-bond acceptors (Lipinski definition) is 3. The number of nitrogens with one attached hydrogen (secondary N) is 1. The van der Waals surface area contributed by atoms with Gasteiger partial charge >= 0.3 is 0 Å². The quantitative estimate of drug-likeness (QED) is 0.938. The lowest BCUT2D eigenvalue weighted by Crippen LogP contribution is -2.05. The fraction of sp³-hybridized carbons (Fsp3) is 0.385. The van der Waals surface area contributed by atoms with Gasteiger partial charge in [-0.15, -0.1) is 0 Å². The van der Waals surface area contributed by atoms with Crippen LogP contribution in [0.15, 0.2) is 21.0 Å². The predicted molar refractivity (Wildman–Crippen MR) is 72.6 cm³/mol. The summed E-state index contributed by atoms with van der Waals surface area (Å²) < 4.78 is 12.1. The van der Waals surface area contributed by atoms with Gasteiger partial charge in [0, 0.05) is 10.9 Å². The van der Waals surface area contributed by atoms with E-state index in [1.165, 1.54) is 5.56 Å². The number of fused-ring (bicyclic) bond motifs is 1. The van der Waals surface area contributed by atoms with Crippen molar-refractivity contribution in [1.82, 2.24) is 5.32 Å². The summed E-state index contributed by atoms with van der Waals surface area (Å²) >= 11 is 3.52. The lowest BCUT2D eigenvalue weighted by Gasteiger charge is -2.01. The van der Waals surface area contributed by atoms with E-state index in [2.05, 4.69) is 28.2 Å². The number of aryl methyl sites for hydroxylation is 1. The molecular formula is C13H16BrNO2. The Morgan fingerprint density at radius 3 is 2.76 bits per heavy atom. The van der Waals surface area contributed by atoms with Crippen molar-refractivity contribution in [2.75, 3.05) is 14.2 Å². The molecule has 2 rings (SSSR count). The van der Waals surface area contributed by atoms with Gasteiger partial charge in [-0.3, -0.25) is 0 Å². The van der Waals surface area contributed by atoms with Crippen molar-refractivity contribution < 1.29 is 9.15 Å².